The minimum atomic E-state index is -0.316. The molecular formula is C22H18N2O4S. The second-order valence-corrected chi connectivity index (χ2v) is 7.92. The van der Waals surface area contributed by atoms with Crippen LogP contribution in [0.3, 0.4) is 0 Å². The number of carbonyl (C=O) groups is 2. The largest absolute Gasteiger partial charge is 0.454 e. The molecule has 1 atom stereocenters. The summed E-state index contributed by atoms with van der Waals surface area (Å²) in [5.41, 5.74) is 2.35. The van der Waals surface area contributed by atoms with E-state index < -0.39 is 0 Å². The summed E-state index contributed by atoms with van der Waals surface area (Å²) in [4.78, 5) is 28.6. The lowest BCUT2D eigenvalue weighted by molar-refractivity contribution is -0.117. The number of rotatable bonds is 5. The quantitative estimate of drug-likeness (QED) is 0.690. The van der Waals surface area contributed by atoms with Gasteiger partial charge in [-0.15, -0.1) is 11.3 Å². The molecule has 7 heteroatoms. The summed E-state index contributed by atoms with van der Waals surface area (Å²) in [5.74, 6) is 1.09. The molecule has 5 rings (SSSR count). The first-order valence-corrected chi connectivity index (χ1v) is 10.2. The SMILES string of the molecule is O=C(C[C@H](c1cccs1)N1Cc2ccccc2C1=O)Nc1ccc2c(c1)OCO2. The van der Waals surface area contributed by atoms with Crippen molar-refractivity contribution in [3.05, 3.63) is 76.0 Å². The van der Waals surface area contributed by atoms with E-state index in [9.17, 15) is 9.59 Å². The van der Waals surface area contributed by atoms with Gasteiger partial charge in [0, 0.05) is 28.7 Å². The number of thiophene rings is 1. The zero-order chi connectivity index (χ0) is 19.8. The second kappa shape index (κ2) is 7.25. The maximum absolute atomic E-state index is 13.0. The summed E-state index contributed by atoms with van der Waals surface area (Å²) >= 11 is 1.55. The van der Waals surface area contributed by atoms with E-state index in [1.165, 1.54) is 0 Å². The fourth-order valence-corrected chi connectivity index (χ4v) is 4.57. The Kier molecular flexibility index (Phi) is 4.44. The molecular weight excluding hydrogens is 388 g/mol. The number of hydrogen-bond acceptors (Lipinski definition) is 5. The molecule has 3 heterocycles. The van der Waals surface area contributed by atoms with Gasteiger partial charge in [0.25, 0.3) is 5.91 Å². The second-order valence-electron chi connectivity index (χ2n) is 6.94. The molecule has 0 radical (unpaired) electrons. The molecule has 0 aliphatic carbocycles. The van der Waals surface area contributed by atoms with E-state index in [0.29, 0.717) is 29.3 Å². The summed E-state index contributed by atoms with van der Waals surface area (Å²) in [6.07, 6.45) is 0.175. The summed E-state index contributed by atoms with van der Waals surface area (Å²) < 4.78 is 10.7. The third-order valence-corrected chi connectivity index (χ3v) is 6.11. The molecule has 1 N–H and O–H groups in total. The molecule has 1 aromatic heterocycles. The van der Waals surface area contributed by atoms with E-state index in [4.69, 9.17) is 9.47 Å². The normalized spacial score (nSPS) is 15.3. The monoisotopic (exact) mass is 406 g/mol. The van der Waals surface area contributed by atoms with Crippen molar-refractivity contribution >= 4 is 28.8 Å². The zero-order valence-corrected chi connectivity index (χ0v) is 16.3. The fourth-order valence-electron chi connectivity index (χ4n) is 3.74. The molecule has 0 saturated heterocycles. The van der Waals surface area contributed by atoms with E-state index in [0.717, 1.165) is 10.4 Å². The Morgan fingerprint density at radius 3 is 2.79 bits per heavy atom. The van der Waals surface area contributed by atoms with Crippen LogP contribution >= 0.6 is 11.3 Å². The van der Waals surface area contributed by atoms with Gasteiger partial charge in [-0.05, 0) is 35.2 Å². The Balaban J connectivity index is 1.36. The van der Waals surface area contributed by atoms with Gasteiger partial charge >= 0.3 is 0 Å². The highest BCUT2D eigenvalue weighted by Crippen LogP contribution is 2.37. The highest BCUT2D eigenvalue weighted by molar-refractivity contribution is 7.10. The van der Waals surface area contributed by atoms with Crippen molar-refractivity contribution < 1.29 is 19.1 Å². The van der Waals surface area contributed by atoms with Crippen LogP contribution in [0, 0.1) is 0 Å². The van der Waals surface area contributed by atoms with Crippen molar-refractivity contribution in [3.63, 3.8) is 0 Å². The first-order valence-electron chi connectivity index (χ1n) is 9.31. The predicted molar refractivity (Wildman–Crippen MR) is 109 cm³/mol. The van der Waals surface area contributed by atoms with Crippen LogP contribution in [0.2, 0.25) is 0 Å². The lowest BCUT2D eigenvalue weighted by Crippen LogP contribution is -2.31. The van der Waals surface area contributed by atoms with Crippen molar-refractivity contribution in [2.75, 3.05) is 12.1 Å². The van der Waals surface area contributed by atoms with Crippen LogP contribution < -0.4 is 14.8 Å². The van der Waals surface area contributed by atoms with Crippen molar-refractivity contribution in [2.24, 2.45) is 0 Å². The topological polar surface area (TPSA) is 67.9 Å². The van der Waals surface area contributed by atoms with Crippen molar-refractivity contribution in [1.29, 1.82) is 0 Å². The van der Waals surface area contributed by atoms with Crippen LogP contribution in [-0.2, 0) is 11.3 Å². The van der Waals surface area contributed by atoms with Gasteiger partial charge in [0.15, 0.2) is 11.5 Å². The molecule has 2 aliphatic heterocycles. The molecule has 2 aliphatic rings. The Morgan fingerprint density at radius 1 is 1.10 bits per heavy atom. The number of benzene rings is 2. The number of hydrogen-bond donors (Lipinski definition) is 1. The smallest absolute Gasteiger partial charge is 0.255 e. The van der Waals surface area contributed by atoms with Gasteiger partial charge in [-0.3, -0.25) is 9.59 Å². The van der Waals surface area contributed by atoms with E-state index in [-0.39, 0.29) is 31.1 Å². The average Bonchev–Trinajstić information content (AvgIpc) is 3.47. The number of nitrogens with one attached hydrogen (secondary N) is 1. The minimum Gasteiger partial charge on any atom is -0.454 e. The molecule has 0 spiro atoms. The lowest BCUT2D eigenvalue weighted by atomic mass is 10.1. The highest BCUT2D eigenvalue weighted by Gasteiger charge is 2.34. The average molecular weight is 406 g/mol. The first-order chi connectivity index (χ1) is 14.2. The van der Waals surface area contributed by atoms with Crippen molar-refractivity contribution in [2.45, 2.75) is 19.0 Å². The molecule has 0 bridgehead atoms. The maximum atomic E-state index is 13.0. The summed E-state index contributed by atoms with van der Waals surface area (Å²) in [6.45, 7) is 0.694. The molecule has 0 saturated carbocycles. The Bertz CT molecular complexity index is 1080. The van der Waals surface area contributed by atoms with E-state index in [1.54, 1.807) is 34.4 Å². The minimum absolute atomic E-state index is 0.0325. The van der Waals surface area contributed by atoms with Gasteiger partial charge in [0.1, 0.15) is 0 Å². The molecule has 2 amide bonds. The third-order valence-electron chi connectivity index (χ3n) is 5.13. The van der Waals surface area contributed by atoms with Crippen LogP contribution in [-0.4, -0.2) is 23.5 Å². The van der Waals surface area contributed by atoms with Gasteiger partial charge in [0.2, 0.25) is 12.7 Å². The third kappa shape index (κ3) is 3.34. The fraction of sp³-hybridized carbons (Fsp3) is 0.182. The van der Waals surface area contributed by atoms with Crippen molar-refractivity contribution in [3.8, 4) is 11.5 Å². The molecule has 0 unspecified atom stereocenters. The van der Waals surface area contributed by atoms with Gasteiger partial charge in [-0.1, -0.05) is 24.3 Å². The summed E-state index contributed by atoms with van der Waals surface area (Å²) in [6, 6.07) is 16.5. The lowest BCUT2D eigenvalue weighted by Gasteiger charge is -2.26. The summed E-state index contributed by atoms with van der Waals surface area (Å²) in [7, 11) is 0. The predicted octanol–water partition coefficient (Wildman–Crippen LogP) is 4.20. The zero-order valence-electron chi connectivity index (χ0n) is 15.5. The number of anilines is 1. The number of ether oxygens (including phenoxy) is 2. The highest BCUT2D eigenvalue weighted by atomic mass is 32.1. The summed E-state index contributed by atoms with van der Waals surface area (Å²) in [5, 5.41) is 4.88. The van der Waals surface area contributed by atoms with Crippen LogP contribution in [0.25, 0.3) is 0 Å². The van der Waals surface area contributed by atoms with E-state index in [2.05, 4.69) is 5.32 Å². The number of nitrogens with zero attached hydrogens (tertiary/aromatic N) is 1. The van der Waals surface area contributed by atoms with Crippen LogP contribution in [0.4, 0.5) is 5.69 Å². The molecule has 146 valence electrons. The number of fused-ring (bicyclic) bond motifs is 2. The maximum Gasteiger partial charge on any atom is 0.255 e. The molecule has 6 nitrogen and oxygen atoms in total. The molecule has 29 heavy (non-hydrogen) atoms. The Labute approximate surface area is 171 Å². The molecule has 3 aromatic rings. The number of carbonyl (C=O) groups excluding carboxylic acids is 2. The van der Waals surface area contributed by atoms with E-state index in [1.807, 2.05) is 41.8 Å². The van der Waals surface area contributed by atoms with Gasteiger partial charge in [-0.25, -0.2) is 0 Å². The number of amides is 2. The van der Waals surface area contributed by atoms with Gasteiger partial charge < -0.3 is 19.7 Å². The van der Waals surface area contributed by atoms with Crippen LogP contribution in [0.15, 0.2) is 60.0 Å². The molecule has 0 fully saturated rings. The van der Waals surface area contributed by atoms with E-state index >= 15 is 0 Å². The van der Waals surface area contributed by atoms with Crippen LogP contribution in [0.5, 0.6) is 11.5 Å². The first kappa shape index (κ1) is 17.8. The van der Waals surface area contributed by atoms with Gasteiger partial charge in [-0.2, -0.15) is 0 Å². The molecule has 2 aromatic carbocycles. The standard InChI is InChI=1S/C22H18N2O4S/c25-21(23-15-7-8-18-19(10-15)28-13-27-18)11-17(20-6-3-9-29-20)24-12-14-4-1-2-5-16(14)22(24)26/h1-10,17H,11-13H2,(H,23,25)/t17-/m1/s1. The van der Waals surface area contributed by atoms with Gasteiger partial charge in [0.05, 0.1) is 12.5 Å². The van der Waals surface area contributed by atoms with Crippen molar-refractivity contribution in [1.82, 2.24) is 4.90 Å². The van der Waals surface area contributed by atoms with Crippen LogP contribution in [0.1, 0.15) is 33.3 Å². The Hall–Kier alpha value is -3.32. The Morgan fingerprint density at radius 2 is 1.97 bits per heavy atom.